The van der Waals surface area contributed by atoms with E-state index in [-0.39, 0.29) is 12.0 Å². The molecule has 1 aliphatic rings. The van der Waals surface area contributed by atoms with Crippen molar-refractivity contribution in [3.63, 3.8) is 0 Å². The van der Waals surface area contributed by atoms with Gasteiger partial charge in [0.25, 0.3) is 5.91 Å². The average Bonchev–Trinajstić information content (AvgIpc) is 3.10. The first-order valence-electron chi connectivity index (χ1n) is 8.10. The van der Waals surface area contributed by atoms with Crippen molar-refractivity contribution < 1.29 is 9.53 Å². The Kier molecular flexibility index (Phi) is 3.86. The molecule has 2 aromatic heterocycles. The molecule has 24 heavy (non-hydrogen) atoms. The molecule has 4 rings (SSSR count). The number of likely N-dealkylation sites (tertiary alicyclic amines) is 1. The number of carbonyl (C=O) groups excluding carboxylic acids is 1. The number of rotatable bonds is 3. The van der Waals surface area contributed by atoms with Gasteiger partial charge in [-0.1, -0.05) is 6.07 Å². The third-order valence-corrected chi connectivity index (χ3v) is 4.28. The van der Waals surface area contributed by atoms with Gasteiger partial charge in [-0.05, 0) is 42.5 Å². The van der Waals surface area contributed by atoms with Crippen LogP contribution < -0.4 is 4.74 Å². The molecule has 1 saturated heterocycles. The number of benzene rings is 1. The topological polar surface area (TPSA) is 71.1 Å². The maximum Gasteiger partial charge on any atom is 0.316 e. The van der Waals surface area contributed by atoms with Crippen molar-refractivity contribution in [3.8, 4) is 6.01 Å². The molecule has 3 heterocycles. The fraction of sp³-hybridized carbons (Fsp3) is 0.278. The molecular weight excluding hydrogens is 304 g/mol. The van der Waals surface area contributed by atoms with Gasteiger partial charge < -0.3 is 14.6 Å². The van der Waals surface area contributed by atoms with Gasteiger partial charge in [0.05, 0.1) is 6.54 Å². The maximum absolute atomic E-state index is 12.8. The lowest BCUT2D eigenvalue weighted by Crippen LogP contribution is -2.44. The number of hydrogen-bond donors (Lipinski definition) is 1. The van der Waals surface area contributed by atoms with Crippen molar-refractivity contribution in [1.82, 2.24) is 19.9 Å². The van der Waals surface area contributed by atoms with E-state index in [4.69, 9.17) is 4.74 Å². The van der Waals surface area contributed by atoms with Crippen LogP contribution in [0.5, 0.6) is 6.01 Å². The lowest BCUT2D eigenvalue weighted by molar-refractivity contribution is 0.0516. The second-order valence-corrected chi connectivity index (χ2v) is 5.94. The van der Waals surface area contributed by atoms with Crippen molar-refractivity contribution >= 4 is 16.8 Å². The summed E-state index contributed by atoms with van der Waals surface area (Å²) in [5, 5.41) is 1.10. The number of amides is 1. The van der Waals surface area contributed by atoms with E-state index >= 15 is 0 Å². The molecule has 1 unspecified atom stereocenters. The molecule has 0 radical (unpaired) electrons. The van der Waals surface area contributed by atoms with Crippen LogP contribution in [0, 0.1) is 0 Å². The molecule has 0 saturated carbocycles. The number of H-pyrrole nitrogens is 1. The van der Waals surface area contributed by atoms with E-state index in [2.05, 4.69) is 15.0 Å². The van der Waals surface area contributed by atoms with Gasteiger partial charge in [-0.15, -0.1) is 0 Å². The van der Waals surface area contributed by atoms with Crippen molar-refractivity contribution in [1.29, 1.82) is 0 Å². The molecule has 1 amide bonds. The van der Waals surface area contributed by atoms with E-state index in [1.807, 2.05) is 35.4 Å². The van der Waals surface area contributed by atoms with Crippen molar-refractivity contribution in [3.05, 3.63) is 54.5 Å². The highest BCUT2D eigenvalue weighted by molar-refractivity contribution is 5.98. The van der Waals surface area contributed by atoms with Crippen molar-refractivity contribution in [2.45, 2.75) is 18.9 Å². The minimum absolute atomic E-state index is 0.0359. The quantitative estimate of drug-likeness (QED) is 0.805. The Labute approximate surface area is 139 Å². The number of nitrogens with one attached hydrogen (secondary N) is 1. The van der Waals surface area contributed by atoms with Crippen LogP contribution >= 0.6 is 0 Å². The Morgan fingerprint density at radius 2 is 2.12 bits per heavy atom. The largest absolute Gasteiger partial charge is 0.458 e. The SMILES string of the molecule is O=C(c1ccc2cc[nH]c2c1)N1CCCC(Oc2ncccn2)C1. The molecular formula is C18H18N4O2. The molecule has 122 valence electrons. The highest BCUT2D eigenvalue weighted by Crippen LogP contribution is 2.20. The summed E-state index contributed by atoms with van der Waals surface area (Å²) >= 11 is 0. The van der Waals surface area contributed by atoms with Crippen LogP contribution in [0.3, 0.4) is 0 Å². The van der Waals surface area contributed by atoms with Crippen LogP contribution in [0.1, 0.15) is 23.2 Å². The summed E-state index contributed by atoms with van der Waals surface area (Å²) in [4.78, 5) is 26.0. The molecule has 1 N–H and O–H groups in total. The second kappa shape index (κ2) is 6.31. The molecule has 6 heteroatoms. The summed E-state index contributed by atoms with van der Waals surface area (Å²) in [6.07, 6.45) is 6.92. The number of nitrogens with zero attached hydrogens (tertiary/aromatic N) is 3. The molecule has 3 aromatic rings. The Balaban J connectivity index is 1.47. The monoisotopic (exact) mass is 322 g/mol. The zero-order valence-corrected chi connectivity index (χ0v) is 13.2. The van der Waals surface area contributed by atoms with Gasteiger partial charge in [0.1, 0.15) is 6.10 Å². The normalized spacial score (nSPS) is 17.8. The Hall–Kier alpha value is -2.89. The Bertz CT molecular complexity index is 846. The third kappa shape index (κ3) is 2.95. The number of ether oxygens (including phenoxy) is 1. The van der Waals surface area contributed by atoms with E-state index in [1.54, 1.807) is 18.5 Å². The molecule has 6 nitrogen and oxygen atoms in total. The van der Waals surface area contributed by atoms with Crippen molar-refractivity contribution in [2.24, 2.45) is 0 Å². The highest BCUT2D eigenvalue weighted by atomic mass is 16.5. The van der Waals surface area contributed by atoms with Gasteiger partial charge in [0, 0.05) is 36.2 Å². The first kappa shape index (κ1) is 14.7. The number of hydrogen-bond acceptors (Lipinski definition) is 4. The summed E-state index contributed by atoms with van der Waals surface area (Å²) in [6.45, 7) is 1.30. The molecule has 1 aromatic carbocycles. The first-order chi connectivity index (χ1) is 11.8. The van der Waals surface area contributed by atoms with E-state index in [0.717, 1.165) is 30.3 Å². The minimum atomic E-state index is -0.0701. The van der Waals surface area contributed by atoms with E-state index < -0.39 is 0 Å². The van der Waals surface area contributed by atoms with E-state index in [0.29, 0.717) is 18.1 Å². The lowest BCUT2D eigenvalue weighted by Gasteiger charge is -2.32. The number of piperidine rings is 1. The minimum Gasteiger partial charge on any atom is -0.458 e. The molecule has 1 aliphatic heterocycles. The fourth-order valence-corrected chi connectivity index (χ4v) is 3.08. The number of aromatic nitrogens is 3. The Morgan fingerprint density at radius 3 is 3.00 bits per heavy atom. The molecule has 0 spiro atoms. The smallest absolute Gasteiger partial charge is 0.316 e. The zero-order valence-electron chi connectivity index (χ0n) is 13.2. The van der Waals surface area contributed by atoms with Gasteiger partial charge in [0.15, 0.2) is 0 Å². The highest BCUT2D eigenvalue weighted by Gasteiger charge is 2.26. The second-order valence-electron chi connectivity index (χ2n) is 5.94. The summed E-state index contributed by atoms with van der Waals surface area (Å²) in [6, 6.07) is 9.86. The molecule has 1 atom stereocenters. The summed E-state index contributed by atoms with van der Waals surface area (Å²) in [7, 11) is 0. The summed E-state index contributed by atoms with van der Waals surface area (Å²) < 4.78 is 5.81. The van der Waals surface area contributed by atoms with Gasteiger partial charge in [-0.25, -0.2) is 9.97 Å². The number of aromatic amines is 1. The predicted octanol–water partition coefficient (Wildman–Crippen LogP) is 2.64. The van der Waals surface area contributed by atoms with Crippen LogP contribution in [0.15, 0.2) is 48.9 Å². The summed E-state index contributed by atoms with van der Waals surface area (Å²) in [5.41, 5.74) is 1.67. The number of fused-ring (bicyclic) bond motifs is 1. The molecule has 0 aliphatic carbocycles. The van der Waals surface area contributed by atoms with E-state index in [1.165, 1.54) is 0 Å². The zero-order chi connectivity index (χ0) is 16.4. The lowest BCUT2D eigenvalue weighted by atomic mass is 10.1. The van der Waals surface area contributed by atoms with Crippen LogP contribution in [-0.2, 0) is 0 Å². The van der Waals surface area contributed by atoms with Crippen LogP contribution in [0.2, 0.25) is 0 Å². The van der Waals surface area contributed by atoms with Gasteiger partial charge in [-0.3, -0.25) is 4.79 Å². The van der Waals surface area contributed by atoms with E-state index in [9.17, 15) is 4.79 Å². The molecule has 1 fully saturated rings. The van der Waals surface area contributed by atoms with Gasteiger partial charge in [0.2, 0.25) is 0 Å². The predicted molar refractivity (Wildman–Crippen MR) is 89.9 cm³/mol. The van der Waals surface area contributed by atoms with Crippen molar-refractivity contribution in [2.75, 3.05) is 13.1 Å². The van der Waals surface area contributed by atoms with Crippen LogP contribution in [0.4, 0.5) is 0 Å². The fourth-order valence-electron chi connectivity index (χ4n) is 3.08. The number of carbonyl (C=O) groups is 1. The standard InChI is InChI=1S/C18H18N4O2/c23-17(14-5-4-13-6-9-19-16(13)11-14)22-10-1-3-15(12-22)24-18-20-7-2-8-21-18/h2,4-9,11,15,19H,1,3,10,12H2. The van der Waals surface area contributed by atoms with Gasteiger partial charge >= 0.3 is 6.01 Å². The average molecular weight is 322 g/mol. The first-order valence-corrected chi connectivity index (χ1v) is 8.10. The molecule has 0 bridgehead atoms. The third-order valence-electron chi connectivity index (χ3n) is 4.28. The Morgan fingerprint density at radius 1 is 1.25 bits per heavy atom. The summed E-state index contributed by atoms with van der Waals surface area (Å²) in [5.74, 6) is 0.0359. The van der Waals surface area contributed by atoms with Crippen LogP contribution in [0.25, 0.3) is 10.9 Å². The van der Waals surface area contributed by atoms with Crippen LogP contribution in [-0.4, -0.2) is 45.0 Å². The van der Waals surface area contributed by atoms with Gasteiger partial charge in [-0.2, -0.15) is 0 Å². The maximum atomic E-state index is 12.8.